The Kier molecular flexibility index (Phi) is 8.19. The highest BCUT2D eigenvalue weighted by Gasteiger charge is 2.13. The molecule has 0 unspecified atom stereocenters. The highest BCUT2D eigenvalue weighted by molar-refractivity contribution is 5.93. The molecule has 0 bridgehead atoms. The molecule has 0 atom stereocenters. The molecule has 0 radical (unpaired) electrons. The standard InChI is InChI=1S/C39H30N2O2/c42-38-34(21-32(28-13-5-1-6-14-28)23-36(38)30-17-9-3-10-18-30)25-40-27-41-26-35-22-33(29-15-7-2-8-16-29)24-37(39(35)43)31-19-11-4-12-20-31/h1-26,42-43H,27H2. The van der Waals surface area contributed by atoms with E-state index in [0.717, 1.165) is 44.5 Å². The molecule has 0 saturated heterocycles. The highest BCUT2D eigenvalue weighted by Crippen LogP contribution is 2.37. The Balaban J connectivity index is 1.31. The summed E-state index contributed by atoms with van der Waals surface area (Å²) < 4.78 is 0. The Morgan fingerprint density at radius 2 is 0.721 bits per heavy atom. The van der Waals surface area contributed by atoms with E-state index in [-0.39, 0.29) is 18.2 Å². The molecule has 0 aliphatic heterocycles. The van der Waals surface area contributed by atoms with Gasteiger partial charge in [0.15, 0.2) is 0 Å². The van der Waals surface area contributed by atoms with Crippen molar-refractivity contribution in [2.75, 3.05) is 6.67 Å². The van der Waals surface area contributed by atoms with Crippen LogP contribution < -0.4 is 0 Å². The second-order valence-corrected chi connectivity index (χ2v) is 10.2. The summed E-state index contributed by atoms with van der Waals surface area (Å²) in [7, 11) is 0. The lowest BCUT2D eigenvalue weighted by Crippen LogP contribution is -1.92. The fraction of sp³-hybridized carbons (Fsp3) is 0.0256. The fourth-order valence-corrected chi connectivity index (χ4v) is 5.11. The van der Waals surface area contributed by atoms with Crippen LogP contribution in [0.15, 0.2) is 156 Å². The van der Waals surface area contributed by atoms with Gasteiger partial charge in [0.25, 0.3) is 0 Å². The van der Waals surface area contributed by atoms with Crippen molar-refractivity contribution in [3.63, 3.8) is 0 Å². The highest BCUT2D eigenvalue weighted by atomic mass is 16.3. The van der Waals surface area contributed by atoms with E-state index < -0.39 is 0 Å². The summed E-state index contributed by atoms with van der Waals surface area (Å²) in [5, 5.41) is 22.4. The normalized spacial score (nSPS) is 11.3. The number of rotatable bonds is 8. The molecule has 2 N–H and O–H groups in total. The number of aromatic hydroxyl groups is 2. The van der Waals surface area contributed by atoms with Gasteiger partial charge in [0, 0.05) is 34.7 Å². The predicted molar refractivity (Wildman–Crippen MR) is 178 cm³/mol. The first-order valence-electron chi connectivity index (χ1n) is 14.1. The molecule has 0 aliphatic carbocycles. The van der Waals surface area contributed by atoms with Gasteiger partial charge in [-0.05, 0) is 57.6 Å². The van der Waals surface area contributed by atoms with Crippen molar-refractivity contribution in [2.45, 2.75) is 0 Å². The molecule has 43 heavy (non-hydrogen) atoms. The van der Waals surface area contributed by atoms with Gasteiger partial charge in [0.2, 0.25) is 0 Å². The summed E-state index contributed by atoms with van der Waals surface area (Å²) in [5.41, 5.74) is 8.61. The van der Waals surface area contributed by atoms with E-state index in [4.69, 9.17) is 0 Å². The minimum Gasteiger partial charge on any atom is -0.507 e. The molecule has 0 aliphatic rings. The summed E-state index contributed by atoms with van der Waals surface area (Å²) in [6.07, 6.45) is 3.31. The topological polar surface area (TPSA) is 65.2 Å². The molecule has 0 saturated carbocycles. The van der Waals surface area contributed by atoms with Crippen LogP contribution in [0.1, 0.15) is 11.1 Å². The molecule has 0 heterocycles. The number of phenolic OH excluding ortho intramolecular Hbond substituents is 2. The average molecular weight is 559 g/mol. The average Bonchev–Trinajstić information content (AvgIpc) is 3.07. The minimum absolute atomic E-state index is 0.130. The van der Waals surface area contributed by atoms with E-state index in [1.54, 1.807) is 12.4 Å². The molecular formula is C39H30N2O2. The van der Waals surface area contributed by atoms with Crippen molar-refractivity contribution in [1.82, 2.24) is 0 Å². The third-order valence-corrected chi connectivity index (χ3v) is 7.29. The fourth-order valence-electron chi connectivity index (χ4n) is 5.11. The molecule has 0 spiro atoms. The first-order valence-corrected chi connectivity index (χ1v) is 14.1. The Morgan fingerprint density at radius 3 is 1.07 bits per heavy atom. The van der Waals surface area contributed by atoms with Crippen LogP contribution in [0.3, 0.4) is 0 Å². The Hall–Kier alpha value is -5.74. The van der Waals surface area contributed by atoms with E-state index in [1.165, 1.54) is 0 Å². The molecule has 0 fully saturated rings. The number of aliphatic imine (C=N–C) groups is 2. The number of hydrogen-bond donors (Lipinski definition) is 2. The lowest BCUT2D eigenvalue weighted by atomic mass is 9.95. The lowest BCUT2D eigenvalue weighted by molar-refractivity contribution is 0.476. The Labute approximate surface area is 251 Å². The van der Waals surface area contributed by atoms with Gasteiger partial charge in [0.1, 0.15) is 18.2 Å². The van der Waals surface area contributed by atoms with Crippen LogP contribution in [-0.2, 0) is 0 Å². The van der Waals surface area contributed by atoms with Crippen LogP contribution in [0, 0.1) is 0 Å². The van der Waals surface area contributed by atoms with Crippen LogP contribution in [0.4, 0.5) is 0 Å². The van der Waals surface area contributed by atoms with Crippen LogP contribution in [0.5, 0.6) is 11.5 Å². The monoisotopic (exact) mass is 558 g/mol. The van der Waals surface area contributed by atoms with Gasteiger partial charge in [0.05, 0.1) is 0 Å². The summed E-state index contributed by atoms with van der Waals surface area (Å²) in [5.74, 6) is 0.332. The molecule has 208 valence electrons. The van der Waals surface area contributed by atoms with Gasteiger partial charge in [-0.15, -0.1) is 0 Å². The molecule has 6 aromatic carbocycles. The van der Waals surface area contributed by atoms with E-state index >= 15 is 0 Å². The van der Waals surface area contributed by atoms with Crippen LogP contribution >= 0.6 is 0 Å². The molecule has 4 nitrogen and oxygen atoms in total. The second-order valence-electron chi connectivity index (χ2n) is 10.2. The molecule has 0 amide bonds. The smallest absolute Gasteiger partial charge is 0.132 e. The second kappa shape index (κ2) is 12.8. The van der Waals surface area contributed by atoms with Crippen molar-refractivity contribution >= 4 is 12.4 Å². The number of phenols is 2. The number of nitrogens with zero attached hydrogens (tertiary/aromatic N) is 2. The molecule has 6 rings (SSSR count). The van der Waals surface area contributed by atoms with Crippen molar-refractivity contribution < 1.29 is 10.2 Å². The molecule has 0 aromatic heterocycles. The summed E-state index contributed by atoms with van der Waals surface area (Å²) in [6.45, 7) is 0.130. The Morgan fingerprint density at radius 1 is 0.395 bits per heavy atom. The maximum absolute atomic E-state index is 11.2. The van der Waals surface area contributed by atoms with E-state index in [1.807, 2.05) is 146 Å². The van der Waals surface area contributed by atoms with Gasteiger partial charge < -0.3 is 10.2 Å². The van der Waals surface area contributed by atoms with Crippen LogP contribution in [0.2, 0.25) is 0 Å². The SMILES string of the molecule is Oc1c(C=NCN=Cc2cc(-c3ccccc3)cc(-c3ccccc3)c2O)cc(-c2ccccc2)cc1-c1ccccc1. The quantitative estimate of drug-likeness (QED) is 0.183. The molecular weight excluding hydrogens is 528 g/mol. The maximum atomic E-state index is 11.2. The van der Waals surface area contributed by atoms with Crippen LogP contribution in [-0.4, -0.2) is 29.3 Å². The summed E-state index contributed by atoms with van der Waals surface area (Å²) in [4.78, 5) is 9.03. The van der Waals surface area contributed by atoms with Gasteiger partial charge in [-0.2, -0.15) is 0 Å². The summed E-state index contributed by atoms with van der Waals surface area (Å²) in [6, 6.07) is 47.7. The van der Waals surface area contributed by atoms with Crippen LogP contribution in [0.25, 0.3) is 44.5 Å². The maximum Gasteiger partial charge on any atom is 0.132 e. The van der Waals surface area contributed by atoms with Crippen molar-refractivity contribution in [3.8, 4) is 56.0 Å². The lowest BCUT2D eigenvalue weighted by Gasteiger charge is -2.12. The van der Waals surface area contributed by atoms with Gasteiger partial charge in [-0.1, -0.05) is 121 Å². The largest absolute Gasteiger partial charge is 0.507 e. The number of hydrogen-bond acceptors (Lipinski definition) is 4. The van der Waals surface area contributed by atoms with Crippen molar-refractivity contribution in [2.24, 2.45) is 9.98 Å². The zero-order valence-corrected chi connectivity index (χ0v) is 23.5. The zero-order chi connectivity index (χ0) is 29.4. The zero-order valence-electron chi connectivity index (χ0n) is 23.5. The minimum atomic E-state index is 0.130. The van der Waals surface area contributed by atoms with Crippen molar-refractivity contribution in [3.05, 3.63) is 157 Å². The summed E-state index contributed by atoms with van der Waals surface area (Å²) >= 11 is 0. The van der Waals surface area contributed by atoms with Gasteiger partial charge >= 0.3 is 0 Å². The molecule has 4 heteroatoms. The first kappa shape index (κ1) is 27.4. The van der Waals surface area contributed by atoms with Gasteiger partial charge in [-0.25, -0.2) is 0 Å². The number of benzene rings is 6. The third-order valence-electron chi connectivity index (χ3n) is 7.29. The van der Waals surface area contributed by atoms with Crippen molar-refractivity contribution in [1.29, 1.82) is 0 Å². The van der Waals surface area contributed by atoms with Gasteiger partial charge in [-0.3, -0.25) is 9.98 Å². The third kappa shape index (κ3) is 6.29. The Bertz CT molecular complexity index is 1740. The van der Waals surface area contributed by atoms with E-state index in [2.05, 4.69) is 9.98 Å². The molecule has 6 aromatic rings. The van der Waals surface area contributed by atoms with E-state index in [9.17, 15) is 10.2 Å². The first-order chi connectivity index (χ1) is 21.2. The van der Waals surface area contributed by atoms with E-state index in [0.29, 0.717) is 11.1 Å². The predicted octanol–water partition coefficient (Wildman–Crippen LogP) is 9.26.